The fourth-order valence-corrected chi connectivity index (χ4v) is 1.18. The normalized spacial score (nSPS) is 12.5. The first-order valence-electron chi connectivity index (χ1n) is 4.12. The maximum absolute atomic E-state index is 4.23. The molecule has 0 saturated heterocycles. The van der Waals surface area contributed by atoms with Crippen LogP contribution in [0.25, 0.3) is 0 Å². The summed E-state index contributed by atoms with van der Waals surface area (Å²) in [4.78, 5) is 0.957. The molecule has 0 spiro atoms. The number of hydrogen-bond acceptors (Lipinski definition) is 1. The molecular formula is C11H14S. The molecule has 0 amide bonds. The zero-order valence-electron chi connectivity index (χ0n) is 7.33. The van der Waals surface area contributed by atoms with E-state index in [0.29, 0.717) is 5.92 Å². The van der Waals surface area contributed by atoms with Crippen molar-refractivity contribution in [3.8, 4) is 0 Å². The minimum atomic E-state index is 0.454. The van der Waals surface area contributed by atoms with E-state index in [1.54, 1.807) is 0 Å². The Morgan fingerprint density at radius 1 is 1.42 bits per heavy atom. The monoisotopic (exact) mass is 178 g/mol. The van der Waals surface area contributed by atoms with Crippen molar-refractivity contribution in [2.24, 2.45) is 5.92 Å². The first kappa shape index (κ1) is 9.40. The molecule has 0 aliphatic carbocycles. The van der Waals surface area contributed by atoms with Gasteiger partial charge in [0, 0.05) is 0 Å². The molecule has 0 nitrogen and oxygen atoms in total. The van der Waals surface area contributed by atoms with Crippen LogP contribution in [-0.2, 0) is 6.42 Å². The third kappa shape index (κ3) is 2.74. The Morgan fingerprint density at radius 3 is 2.50 bits per heavy atom. The van der Waals surface area contributed by atoms with E-state index in [-0.39, 0.29) is 0 Å². The summed E-state index contributed by atoms with van der Waals surface area (Å²) in [5.74, 6) is 0.454. The van der Waals surface area contributed by atoms with Crippen LogP contribution in [0.2, 0.25) is 0 Å². The molecule has 1 aromatic carbocycles. The number of hydrogen-bond donors (Lipinski definition) is 1. The molecule has 0 saturated carbocycles. The minimum absolute atomic E-state index is 0.454. The van der Waals surface area contributed by atoms with Gasteiger partial charge in [-0.05, 0) is 22.8 Å². The third-order valence-corrected chi connectivity index (χ3v) is 2.39. The van der Waals surface area contributed by atoms with Crippen molar-refractivity contribution >= 4 is 12.6 Å². The molecule has 1 unspecified atom stereocenters. The first-order chi connectivity index (χ1) is 5.70. The lowest BCUT2D eigenvalue weighted by Gasteiger charge is -2.09. The van der Waals surface area contributed by atoms with E-state index in [1.807, 2.05) is 6.07 Å². The highest BCUT2D eigenvalue weighted by molar-refractivity contribution is 7.84. The molecule has 0 bridgehead atoms. The Balaban J connectivity index is 2.58. The van der Waals surface area contributed by atoms with Crippen molar-refractivity contribution in [1.29, 1.82) is 0 Å². The SMILES string of the molecule is C=C(S)C(C)Cc1ccccc1. The standard InChI is InChI=1S/C11H14S/c1-9(10(2)12)8-11-6-4-3-5-7-11/h3-7,9,12H,2,8H2,1H3. The number of thiol groups is 1. The molecule has 0 aliphatic heterocycles. The van der Waals surface area contributed by atoms with Crippen molar-refractivity contribution in [3.63, 3.8) is 0 Å². The van der Waals surface area contributed by atoms with Crippen LogP contribution in [0.4, 0.5) is 0 Å². The van der Waals surface area contributed by atoms with E-state index in [4.69, 9.17) is 0 Å². The second-order valence-electron chi connectivity index (χ2n) is 3.08. The summed E-state index contributed by atoms with van der Waals surface area (Å²) in [6.45, 7) is 5.96. The quantitative estimate of drug-likeness (QED) is 0.674. The largest absolute Gasteiger partial charge is 0.148 e. The molecule has 0 fully saturated rings. The second kappa shape index (κ2) is 4.36. The molecule has 0 N–H and O–H groups in total. The number of benzene rings is 1. The predicted molar refractivity (Wildman–Crippen MR) is 57.4 cm³/mol. The van der Waals surface area contributed by atoms with Crippen molar-refractivity contribution in [2.75, 3.05) is 0 Å². The van der Waals surface area contributed by atoms with Gasteiger partial charge >= 0.3 is 0 Å². The van der Waals surface area contributed by atoms with Gasteiger partial charge < -0.3 is 0 Å². The van der Waals surface area contributed by atoms with Crippen molar-refractivity contribution in [3.05, 3.63) is 47.4 Å². The second-order valence-corrected chi connectivity index (χ2v) is 3.66. The van der Waals surface area contributed by atoms with E-state index < -0.39 is 0 Å². The molecule has 0 aromatic heterocycles. The van der Waals surface area contributed by atoms with Crippen LogP contribution in [-0.4, -0.2) is 0 Å². The van der Waals surface area contributed by atoms with Gasteiger partial charge in [-0.25, -0.2) is 0 Å². The zero-order chi connectivity index (χ0) is 8.97. The van der Waals surface area contributed by atoms with E-state index >= 15 is 0 Å². The Hall–Kier alpha value is -0.690. The maximum Gasteiger partial charge on any atom is -0.00984 e. The molecule has 0 radical (unpaired) electrons. The van der Waals surface area contributed by atoms with Gasteiger partial charge in [-0.15, -0.1) is 12.6 Å². The summed E-state index contributed by atoms with van der Waals surface area (Å²) in [7, 11) is 0. The lowest BCUT2D eigenvalue weighted by atomic mass is 10.0. The van der Waals surface area contributed by atoms with Gasteiger partial charge in [-0.1, -0.05) is 43.8 Å². The summed E-state index contributed by atoms with van der Waals surface area (Å²) in [6.07, 6.45) is 1.03. The summed E-state index contributed by atoms with van der Waals surface area (Å²) in [5, 5.41) is 0. The summed E-state index contributed by atoms with van der Waals surface area (Å²) < 4.78 is 0. The maximum atomic E-state index is 4.23. The van der Waals surface area contributed by atoms with E-state index in [1.165, 1.54) is 5.56 Å². The van der Waals surface area contributed by atoms with Crippen LogP contribution in [0.5, 0.6) is 0 Å². The zero-order valence-corrected chi connectivity index (χ0v) is 8.22. The lowest BCUT2D eigenvalue weighted by Crippen LogP contribution is -1.98. The smallest absolute Gasteiger partial charge is 0.00984 e. The van der Waals surface area contributed by atoms with Gasteiger partial charge in [0.1, 0.15) is 0 Å². The average molecular weight is 178 g/mol. The molecule has 0 aliphatic rings. The summed E-state index contributed by atoms with van der Waals surface area (Å²) >= 11 is 4.23. The lowest BCUT2D eigenvalue weighted by molar-refractivity contribution is 0.715. The van der Waals surface area contributed by atoms with Gasteiger partial charge in [-0.2, -0.15) is 0 Å². The Bertz CT molecular complexity index is 251. The minimum Gasteiger partial charge on any atom is -0.148 e. The van der Waals surface area contributed by atoms with E-state index in [0.717, 1.165) is 11.3 Å². The van der Waals surface area contributed by atoms with Gasteiger partial charge in [0.15, 0.2) is 0 Å². The van der Waals surface area contributed by atoms with Crippen molar-refractivity contribution in [1.82, 2.24) is 0 Å². The molecule has 1 heteroatoms. The fraction of sp³-hybridized carbons (Fsp3) is 0.273. The Morgan fingerprint density at radius 2 is 2.00 bits per heavy atom. The third-order valence-electron chi connectivity index (χ3n) is 1.95. The average Bonchev–Trinajstić information content (AvgIpc) is 2.06. The molecule has 1 aromatic rings. The van der Waals surface area contributed by atoms with Crippen LogP contribution < -0.4 is 0 Å². The highest BCUT2D eigenvalue weighted by Crippen LogP contribution is 2.17. The topological polar surface area (TPSA) is 0 Å². The Kier molecular flexibility index (Phi) is 3.42. The van der Waals surface area contributed by atoms with E-state index in [2.05, 4.69) is 50.4 Å². The first-order valence-corrected chi connectivity index (χ1v) is 4.56. The van der Waals surface area contributed by atoms with Crippen LogP contribution in [0.1, 0.15) is 12.5 Å². The molecular weight excluding hydrogens is 164 g/mol. The molecule has 1 rings (SSSR count). The highest BCUT2D eigenvalue weighted by atomic mass is 32.1. The fourth-order valence-electron chi connectivity index (χ4n) is 1.09. The summed E-state index contributed by atoms with van der Waals surface area (Å²) in [6, 6.07) is 10.4. The van der Waals surface area contributed by atoms with Gasteiger partial charge in [0.25, 0.3) is 0 Å². The molecule has 1 atom stereocenters. The van der Waals surface area contributed by atoms with Crippen molar-refractivity contribution in [2.45, 2.75) is 13.3 Å². The van der Waals surface area contributed by atoms with Crippen LogP contribution in [0.15, 0.2) is 41.8 Å². The van der Waals surface area contributed by atoms with Gasteiger partial charge in [0.05, 0.1) is 0 Å². The number of allylic oxidation sites excluding steroid dienone is 1. The number of rotatable bonds is 3. The van der Waals surface area contributed by atoms with E-state index in [9.17, 15) is 0 Å². The summed E-state index contributed by atoms with van der Waals surface area (Å²) in [5.41, 5.74) is 1.35. The highest BCUT2D eigenvalue weighted by Gasteiger charge is 2.03. The molecule has 12 heavy (non-hydrogen) atoms. The van der Waals surface area contributed by atoms with Gasteiger partial charge in [0.2, 0.25) is 0 Å². The van der Waals surface area contributed by atoms with Crippen LogP contribution in [0.3, 0.4) is 0 Å². The molecule has 0 heterocycles. The predicted octanol–water partition coefficient (Wildman–Crippen LogP) is 3.31. The van der Waals surface area contributed by atoms with Crippen LogP contribution >= 0.6 is 12.6 Å². The van der Waals surface area contributed by atoms with Gasteiger partial charge in [-0.3, -0.25) is 0 Å². The van der Waals surface area contributed by atoms with Crippen molar-refractivity contribution < 1.29 is 0 Å². The Labute approximate surface area is 79.7 Å². The van der Waals surface area contributed by atoms with Crippen LogP contribution in [0, 0.1) is 5.92 Å². The molecule has 64 valence electrons.